The maximum atomic E-state index is 13.3. The average molecular weight is 691 g/mol. The normalized spacial score (nSPS) is 15.2. The lowest BCUT2D eigenvalue weighted by atomic mass is 10.0. The molecule has 49 heavy (non-hydrogen) atoms. The minimum atomic E-state index is -1.69. The van der Waals surface area contributed by atoms with Gasteiger partial charge in [0.15, 0.2) is 6.04 Å². The molecule has 2 aromatic rings. The van der Waals surface area contributed by atoms with Crippen LogP contribution in [-0.2, 0) is 41.6 Å². The number of nitrogens with two attached hydrogens (primary N) is 1. The molecule has 2 aromatic carbocycles. The minimum Gasteiger partial charge on any atom is -0.508 e. The zero-order chi connectivity index (χ0) is 36.8. The van der Waals surface area contributed by atoms with Crippen molar-refractivity contribution in [3.63, 3.8) is 0 Å². The summed E-state index contributed by atoms with van der Waals surface area (Å²) in [4.78, 5) is 75.9. The number of carbonyl (C=O) groups excluding carboxylic acids is 5. The maximum absolute atomic E-state index is 13.3. The Kier molecular flexibility index (Phi) is 15.4. The van der Waals surface area contributed by atoms with Crippen LogP contribution in [0, 0.1) is 0 Å². The van der Waals surface area contributed by atoms with Crippen LogP contribution in [0.4, 0.5) is 0 Å². The van der Waals surface area contributed by atoms with Gasteiger partial charge in [0.1, 0.15) is 35.7 Å². The van der Waals surface area contributed by atoms with Crippen LogP contribution in [0.15, 0.2) is 48.5 Å². The van der Waals surface area contributed by atoms with Crippen LogP contribution in [0.2, 0.25) is 0 Å². The number of benzene rings is 2. The first-order chi connectivity index (χ1) is 23.1. The summed E-state index contributed by atoms with van der Waals surface area (Å²) in [5, 5.41) is 68.8. The second-order valence-corrected chi connectivity index (χ2v) is 11.2. The molecule has 0 saturated carbocycles. The Morgan fingerprint density at radius 1 is 0.612 bits per heavy atom. The van der Waals surface area contributed by atoms with E-state index in [9.17, 15) is 59.4 Å². The molecule has 0 aliphatic heterocycles. The Morgan fingerprint density at radius 2 is 1.02 bits per heavy atom. The summed E-state index contributed by atoms with van der Waals surface area (Å²) in [5.74, 6) is -6.45. The first-order valence-corrected chi connectivity index (χ1v) is 15.0. The van der Waals surface area contributed by atoms with Gasteiger partial charge in [0.25, 0.3) is 0 Å². The van der Waals surface area contributed by atoms with E-state index in [-0.39, 0.29) is 24.3 Å². The molecule has 18 nitrogen and oxygen atoms in total. The lowest BCUT2D eigenvalue weighted by molar-refractivity contribution is -0.145. The zero-order valence-corrected chi connectivity index (χ0v) is 26.7. The number of aromatic hydroxyl groups is 2. The molecule has 0 aromatic heterocycles. The summed E-state index contributed by atoms with van der Waals surface area (Å²) >= 11 is 0. The number of aliphatic carboxylic acids is 1. The van der Waals surface area contributed by atoms with Gasteiger partial charge in [-0.1, -0.05) is 24.3 Å². The largest absolute Gasteiger partial charge is 0.508 e. The second-order valence-electron chi connectivity index (χ2n) is 11.2. The number of phenols is 2. The first-order valence-electron chi connectivity index (χ1n) is 15.0. The molecule has 18 heteroatoms. The molecule has 2 rings (SSSR count). The number of amides is 5. The third kappa shape index (κ3) is 12.7. The van der Waals surface area contributed by atoms with Crippen molar-refractivity contribution in [3.05, 3.63) is 59.7 Å². The van der Waals surface area contributed by atoms with E-state index < -0.39 is 91.1 Å². The van der Waals surface area contributed by atoms with Crippen molar-refractivity contribution in [2.75, 3.05) is 13.2 Å². The quantitative estimate of drug-likeness (QED) is 0.0713. The van der Waals surface area contributed by atoms with Gasteiger partial charge in [0.2, 0.25) is 29.5 Å². The minimum absolute atomic E-state index is 0.00938. The highest BCUT2D eigenvalue weighted by molar-refractivity contribution is 5.96. The van der Waals surface area contributed by atoms with E-state index in [1.54, 1.807) is 12.1 Å². The van der Waals surface area contributed by atoms with Crippen LogP contribution in [0.1, 0.15) is 25.0 Å². The molecule has 7 atom stereocenters. The van der Waals surface area contributed by atoms with E-state index in [4.69, 9.17) is 5.73 Å². The molecule has 0 bridgehead atoms. The fourth-order valence-corrected chi connectivity index (χ4v) is 4.31. The molecule has 0 saturated heterocycles. The number of aliphatic hydroxyl groups is 3. The summed E-state index contributed by atoms with van der Waals surface area (Å²) in [6.07, 6.45) is -1.64. The summed E-state index contributed by atoms with van der Waals surface area (Å²) < 4.78 is 0. The molecule has 13 N–H and O–H groups in total. The van der Waals surface area contributed by atoms with Crippen molar-refractivity contribution in [1.82, 2.24) is 26.6 Å². The highest BCUT2D eigenvalue weighted by Gasteiger charge is 2.32. The predicted octanol–water partition coefficient (Wildman–Crippen LogP) is -3.90. The van der Waals surface area contributed by atoms with Crippen LogP contribution in [0.3, 0.4) is 0 Å². The van der Waals surface area contributed by atoms with E-state index in [0.29, 0.717) is 11.1 Å². The zero-order valence-electron chi connectivity index (χ0n) is 26.7. The van der Waals surface area contributed by atoms with E-state index >= 15 is 0 Å². The first kappa shape index (κ1) is 39.9. The van der Waals surface area contributed by atoms with E-state index in [0.717, 1.165) is 6.92 Å². The average Bonchev–Trinajstić information content (AvgIpc) is 3.05. The fourth-order valence-electron chi connectivity index (χ4n) is 4.31. The molecule has 5 amide bonds. The number of hydrogen-bond acceptors (Lipinski definition) is 12. The highest BCUT2D eigenvalue weighted by Crippen LogP contribution is 2.13. The molecular weight excluding hydrogens is 648 g/mol. The van der Waals surface area contributed by atoms with Gasteiger partial charge in [-0.15, -0.1) is 0 Å². The molecule has 268 valence electrons. The monoisotopic (exact) mass is 690 g/mol. The molecule has 0 unspecified atom stereocenters. The molecule has 0 heterocycles. The lowest BCUT2D eigenvalue weighted by Gasteiger charge is -2.26. The van der Waals surface area contributed by atoms with Gasteiger partial charge in [-0.3, -0.25) is 24.0 Å². The Hall–Kier alpha value is -5.30. The van der Waals surface area contributed by atoms with Gasteiger partial charge in [-0.05, 0) is 55.7 Å². The molecule has 0 radical (unpaired) electrons. The number of hydrogen-bond donors (Lipinski definition) is 12. The highest BCUT2D eigenvalue weighted by atomic mass is 16.4. The molecule has 0 aliphatic rings. The number of aliphatic hydroxyl groups excluding tert-OH is 3. The Labute approximate surface area is 280 Å². The summed E-state index contributed by atoms with van der Waals surface area (Å²) in [7, 11) is 0. The van der Waals surface area contributed by atoms with Gasteiger partial charge >= 0.3 is 5.97 Å². The van der Waals surface area contributed by atoms with Crippen molar-refractivity contribution < 1.29 is 59.4 Å². The molecule has 0 fully saturated rings. The molecule has 0 aliphatic carbocycles. The number of carboxylic acid groups (broad SMARTS) is 1. The molecule has 0 spiro atoms. The summed E-state index contributed by atoms with van der Waals surface area (Å²) in [6.45, 7) is 0.483. The Morgan fingerprint density at radius 3 is 1.45 bits per heavy atom. The van der Waals surface area contributed by atoms with Crippen LogP contribution in [0.25, 0.3) is 0 Å². The van der Waals surface area contributed by atoms with Crippen molar-refractivity contribution in [3.8, 4) is 11.5 Å². The second kappa shape index (κ2) is 18.9. The van der Waals surface area contributed by atoms with Crippen molar-refractivity contribution in [1.29, 1.82) is 0 Å². The van der Waals surface area contributed by atoms with E-state index in [2.05, 4.69) is 26.6 Å². The third-order valence-corrected chi connectivity index (χ3v) is 7.17. The number of phenolic OH excluding ortho intramolecular Hbond substituents is 2. The van der Waals surface area contributed by atoms with E-state index in [1.807, 2.05) is 0 Å². The van der Waals surface area contributed by atoms with Crippen LogP contribution in [0.5, 0.6) is 11.5 Å². The van der Waals surface area contributed by atoms with E-state index in [1.165, 1.54) is 43.3 Å². The van der Waals surface area contributed by atoms with Gasteiger partial charge in [-0.2, -0.15) is 0 Å². The summed E-state index contributed by atoms with van der Waals surface area (Å²) in [5.41, 5.74) is 6.96. The van der Waals surface area contributed by atoms with Crippen LogP contribution < -0.4 is 32.3 Å². The Bertz CT molecular complexity index is 1450. The number of carbonyl (C=O) groups is 6. The van der Waals surface area contributed by atoms with Crippen LogP contribution in [-0.4, -0.2) is 122 Å². The van der Waals surface area contributed by atoms with Gasteiger partial charge in [0.05, 0.1) is 25.4 Å². The van der Waals surface area contributed by atoms with Gasteiger partial charge in [0, 0.05) is 6.42 Å². The lowest BCUT2D eigenvalue weighted by Crippen LogP contribution is -2.60. The SMILES string of the molecule is C[C@H](NC(=O)[C@H](Cc1ccc(O)cc1)NC(=O)[C@H](CO)NC(=O)[C@H](CO)NC(=O)[C@@H](N)Cc1ccc(O)cc1)C(=O)N[C@H](C(=O)O)[C@@H](C)O. The van der Waals surface area contributed by atoms with Gasteiger partial charge < -0.3 is 63.0 Å². The topological polar surface area (TPSA) is 310 Å². The standard InChI is InChI=1S/C31H42N6O12/c1-15(26(43)37-25(16(2)40)31(48)49)33-28(45)22(12-18-5-9-20(42)10-6-18)34-29(46)24(14-39)36-30(47)23(13-38)35-27(44)21(32)11-17-3-7-19(41)8-4-17/h3-10,15-16,21-25,38-42H,11-14,32H2,1-2H3,(H,33,45)(H,34,46)(H,35,44)(H,36,47)(H,37,43)(H,48,49)/t15-,16+,21-,22-,23-,24-,25-/m0/s1. The Balaban J connectivity index is 2.13. The van der Waals surface area contributed by atoms with Crippen molar-refractivity contribution in [2.45, 2.75) is 69.0 Å². The maximum Gasteiger partial charge on any atom is 0.328 e. The number of nitrogens with one attached hydrogen (secondary N) is 5. The van der Waals surface area contributed by atoms with Crippen molar-refractivity contribution in [2.24, 2.45) is 5.73 Å². The number of carboxylic acids is 1. The predicted molar refractivity (Wildman–Crippen MR) is 170 cm³/mol. The third-order valence-electron chi connectivity index (χ3n) is 7.17. The summed E-state index contributed by atoms with van der Waals surface area (Å²) in [6, 6.07) is 2.51. The fraction of sp³-hybridized carbons (Fsp3) is 0.419. The molecular formula is C31H42N6O12. The van der Waals surface area contributed by atoms with Gasteiger partial charge in [-0.25, -0.2) is 4.79 Å². The smallest absolute Gasteiger partial charge is 0.328 e. The van der Waals surface area contributed by atoms with Crippen LogP contribution >= 0.6 is 0 Å². The number of rotatable bonds is 18. The van der Waals surface area contributed by atoms with Crippen molar-refractivity contribution >= 4 is 35.5 Å².